The normalized spacial score (nSPS) is 11.6. The third kappa shape index (κ3) is 4.42. The Morgan fingerprint density at radius 2 is 2.23 bits per heavy atom. The number of aliphatic hydroxyl groups excluding tert-OH is 1. The standard InChI is InChI=1S/C17H18N2O2S/c18-11-13-2-1-3-15(10-13)17(21)19-7-4-14(5-8-20)16-6-9-22-12-16/h1-3,6,9-10,12,14,20H,4-5,7-8H2,(H,19,21)/t14-/m0/s1. The van der Waals surface area contributed by atoms with Crippen LogP contribution >= 0.6 is 11.3 Å². The van der Waals surface area contributed by atoms with Crippen LogP contribution < -0.4 is 5.32 Å². The molecule has 22 heavy (non-hydrogen) atoms. The summed E-state index contributed by atoms with van der Waals surface area (Å²) < 4.78 is 0. The van der Waals surface area contributed by atoms with Crippen molar-refractivity contribution in [3.05, 3.63) is 57.8 Å². The molecule has 114 valence electrons. The molecule has 1 heterocycles. The van der Waals surface area contributed by atoms with Crippen LogP contribution in [0.25, 0.3) is 0 Å². The predicted octanol–water partition coefficient (Wildman–Crippen LogP) is 2.91. The Bertz CT molecular complexity index is 647. The Morgan fingerprint density at radius 1 is 1.36 bits per heavy atom. The topological polar surface area (TPSA) is 73.1 Å². The number of carbonyl (C=O) groups is 1. The molecule has 2 N–H and O–H groups in total. The molecule has 0 radical (unpaired) electrons. The van der Waals surface area contributed by atoms with Gasteiger partial charge in [0.2, 0.25) is 0 Å². The van der Waals surface area contributed by atoms with Gasteiger partial charge in [-0.05, 0) is 59.3 Å². The third-order valence-corrected chi connectivity index (χ3v) is 4.23. The van der Waals surface area contributed by atoms with Crippen molar-refractivity contribution in [2.45, 2.75) is 18.8 Å². The van der Waals surface area contributed by atoms with Gasteiger partial charge in [0, 0.05) is 18.7 Å². The van der Waals surface area contributed by atoms with E-state index in [1.54, 1.807) is 35.6 Å². The van der Waals surface area contributed by atoms with E-state index < -0.39 is 0 Å². The lowest BCUT2D eigenvalue weighted by Gasteiger charge is -2.15. The summed E-state index contributed by atoms with van der Waals surface area (Å²) in [4.78, 5) is 12.1. The van der Waals surface area contributed by atoms with Crippen LogP contribution in [-0.2, 0) is 0 Å². The van der Waals surface area contributed by atoms with Gasteiger partial charge in [-0.25, -0.2) is 0 Å². The van der Waals surface area contributed by atoms with Crippen LogP contribution in [0.5, 0.6) is 0 Å². The second kappa shape index (κ2) is 8.32. The van der Waals surface area contributed by atoms with E-state index in [-0.39, 0.29) is 18.4 Å². The molecule has 0 aliphatic rings. The molecule has 0 saturated heterocycles. The van der Waals surface area contributed by atoms with Gasteiger partial charge in [-0.3, -0.25) is 4.79 Å². The molecule has 1 aromatic heterocycles. The van der Waals surface area contributed by atoms with Gasteiger partial charge in [-0.1, -0.05) is 6.07 Å². The molecule has 1 amide bonds. The van der Waals surface area contributed by atoms with Gasteiger partial charge in [-0.15, -0.1) is 0 Å². The number of benzene rings is 1. The van der Waals surface area contributed by atoms with E-state index in [9.17, 15) is 4.79 Å². The molecule has 0 unspecified atom stereocenters. The molecule has 0 spiro atoms. The van der Waals surface area contributed by atoms with Gasteiger partial charge in [0.1, 0.15) is 0 Å². The maximum Gasteiger partial charge on any atom is 0.251 e. The molecule has 0 bridgehead atoms. The fourth-order valence-electron chi connectivity index (χ4n) is 2.33. The number of nitrogens with zero attached hydrogens (tertiary/aromatic N) is 1. The monoisotopic (exact) mass is 314 g/mol. The number of aliphatic hydroxyl groups is 1. The Kier molecular flexibility index (Phi) is 6.13. The molecule has 0 fully saturated rings. The summed E-state index contributed by atoms with van der Waals surface area (Å²) in [6.45, 7) is 0.675. The number of carbonyl (C=O) groups excluding carboxylic acids is 1. The van der Waals surface area contributed by atoms with E-state index in [0.29, 0.717) is 24.1 Å². The predicted molar refractivity (Wildman–Crippen MR) is 86.9 cm³/mol. The summed E-state index contributed by atoms with van der Waals surface area (Å²) in [5.41, 5.74) is 2.18. The number of nitrogens with one attached hydrogen (secondary N) is 1. The van der Waals surface area contributed by atoms with Crippen molar-refractivity contribution in [1.82, 2.24) is 5.32 Å². The summed E-state index contributed by atoms with van der Waals surface area (Å²) in [7, 11) is 0. The van der Waals surface area contributed by atoms with Crippen LogP contribution in [-0.4, -0.2) is 24.2 Å². The molecular weight excluding hydrogens is 296 g/mol. The largest absolute Gasteiger partial charge is 0.396 e. The second-order valence-corrected chi connectivity index (χ2v) is 5.78. The van der Waals surface area contributed by atoms with Gasteiger partial charge < -0.3 is 10.4 Å². The van der Waals surface area contributed by atoms with E-state index in [2.05, 4.69) is 16.8 Å². The first-order valence-corrected chi connectivity index (χ1v) is 8.10. The Morgan fingerprint density at radius 3 is 2.91 bits per heavy atom. The molecular formula is C17H18N2O2S. The first-order valence-electron chi connectivity index (χ1n) is 7.16. The second-order valence-electron chi connectivity index (χ2n) is 5.00. The van der Waals surface area contributed by atoms with Crippen molar-refractivity contribution in [3.8, 4) is 6.07 Å². The van der Waals surface area contributed by atoms with Crippen LogP contribution in [0.1, 0.15) is 40.2 Å². The smallest absolute Gasteiger partial charge is 0.251 e. The molecule has 1 atom stereocenters. The van der Waals surface area contributed by atoms with Crippen LogP contribution in [0.15, 0.2) is 41.1 Å². The quantitative estimate of drug-likeness (QED) is 0.825. The molecule has 0 aliphatic carbocycles. The van der Waals surface area contributed by atoms with Crippen molar-refractivity contribution in [2.24, 2.45) is 0 Å². The van der Waals surface area contributed by atoms with Gasteiger partial charge in [0.05, 0.1) is 11.6 Å². The highest BCUT2D eigenvalue weighted by Gasteiger charge is 2.12. The first kappa shape index (κ1) is 16.2. The number of thiophene rings is 1. The van der Waals surface area contributed by atoms with Crippen LogP contribution in [0, 0.1) is 11.3 Å². The Labute approximate surface area is 134 Å². The lowest BCUT2D eigenvalue weighted by atomic mass is 9.95. The fourth-order valence-corrected chi connectivity index (χ4v) is 3.08. The number of hydrogen-bond acceptors (Lipinski definition) is 4. The molecule has 0 aliphatic heterocycles. The summed E-state index contributed by atoms with van der Waals surface area (Å²) in [5, 5.41) is 25.0. The SMILES string of the molecule is N#Cc1cccc(C(=O)NCC[C@@H](CCO)c2ccsc2)c1. The van der Waals surface area contributed by atoms with Crippen molar-refractivity contribution in [1.29, 1.82) is 5.26 Å². The summed E-state index contributed by atoms with van der Waals surface area (Å²) in [6.07, 6.45) is 1.47. The Hall–Kier alpha value is -2.16. The van der Waals surface area contributed by atoms with Crippen LogP contribution in [0.2, 0.25) is 0 Å². The van der Waals surface area contributed by atoms with E-state index in [0.717, 1.165) is 6.42 Å². The highest BCUT2D eigenvalue weighted by atomic mass is 32.1. The summed E-state index contributed by atoms with van der Waals surface area (Å²) in [6, 6.07) is 10.7. The van der Waals surface area contributed by atoms with Gasteiger partial charge in [-0.2, -0.15) is 16.6 Å². The van der Waals surface area contributed by atoms with Gasteiger partial charge in [0.15, 0.2) is 0 Å². The molecule has 4 nitrogen and oxygen atoms in total. The van der Waals surface area contributed by atoms with Crippen molar-refractivity contribution in [2.75, 3.05) is 13.2 Å². The molecule has 0 saturated carbocycles. The third-order valence-electron chi connectivity index (χ3n) is 3.52. The lowest BCUT2D eigenvalue weighted by Crippen LogP contribution is -2.25. The first-order chi connectivity index (χ1) is 10.7. The molecule has 5 heteroatoms. The van der Waals surface area contributed by atoms with Crippen molar-refractivity contribution >= 4 is 17.2 Å². The van der Waals surface area contributed by atoms with E-state index in [1.807, 2.05) is 11.4 Å². The average molecular weight is 314 g/mol. The summed E-state index contributed by atoms with van der Waals surface area (Å²) >= 11 is 1.63. The minimum Gasteiger partial charge on any atom is -0.396 e. The minimum absolute atomic E-state index is 0.138. The van der Waals surface area contributed by atoms with Gasteiger partial charge >= 0.3 is 0 Å². The van der Waals surface area contributed by atoms with E-state index in [1.165, 1.54) is 5.56 Å². The fraction of sp³-hybridized carbons (Fsp3) is 0.294. The van der Waals surface area contributed by atoms with Crippen molar-refractivity contribution in [3.63, 3.8) is 0 Å². The summed E-state index contributed by atoms with van der Waals surface area (Å²) in [5.74, 6) is 0.0761. The number of nitriles is 1. The molecule has 2 aromatic rings. The maximum absolute atomic E-state index is 12.1. The minimum atomic E-state index is -0.176. The van der Waals surface area contributed by atoms with E-state index in [4.69, 9.17) is 10.4 Å². The number of amides is 1. The zero-order valence-corrected chi connectivity index (χ0v) is 13.0. The van der Waals surface area contributed by atoms with Crippen LogP contribution in [0.3, 0.4) is 0 Å². The number of rotatable bonds is 7. The Balaban J connectivity index is 1.89. The van der Waals surface area contributed by atoms with E-state index >= 15 is 0 Å². The van der Waals surface area contributed by atoms with Gasteiger partial charge in [0.25, 0.3) is 5.91 Å². The highest BCUT2D eigenvalue weighted by molar-refractivity contribution is 7.07. The van der Waals surface area contributed by atoms with Crippen molar-refractivity contribution < 1.29 is 9.90 Å². The highest BCUT2D eigenvalue weighted by Crippen LogP contribution is 2.24. The average Bonchev–Trinajstić information content (AvgIpc) is 3.08. The molecule has 2 rings (SSSR count). The number of hydrogen-bond donors (Lipinski definition) is 2. The van der Waals surface area contributed by atoms with Crippen LogP contribution in [0.4, 0.5) is 0 Å². The molecule has 1 aromatic carbocycles. The maximum atomic E-state index is 12.1. The zero-order valence-electron chi connectivity index (χ0n) is 12.2. The lowest BCUT2D eigenvalue weighted by molar-refractivity contribution is 0.0952. The zero-order chi connectivity index (χ0) is 15.8.